The second kappa shape index (κ2) is 13.7. The Hall–Kier alpha value is -2.98. The van der Waals surface area contributed by atoms with E-state index in [0.717, 1.165) is 12.8 Å². The van der Waals surface area contributed by atoms with Gasteiger partial charge in [0.25, 0.3) is 0 Å². The van der Waals surface area contributed by atoms with E-state index in [9.17, 15) is 24.3 Å². The average Bonchev–Trinajstić information content (AvgIpc) is 2.86. The van der Waals surface area contributed by atoms with E-state index in [2.05, 4.69) is 17.6 Å². The highest BCUT2D eigenvalue weighted by Crippen LogP contribution is 2.38. The van der Waals surface area contributed by atoms with Gasteiger partial charge in [-0.25, -0.2) is 0 Å². The Morgan fingerprint density at radius 2 is 1.82 bits per heavy atom. The Bertz CT molecular complexity index is 998. The molecule has 0 spiro atoms. The van der Waals surface area contributed by atoms with Crippen molar-refractivity contribution < 1.29 is 24.3 Å². The molecule has 0 fully saturated rings. The van der Waals surface area contributed by atoms with Crippen molar-refractivity contribution in [2.75, 3.05) is 29.9 Å². The molecule has 1 heterocycles. The first-order chi connectivity index (χ1) is 17.8. The number of carbonyl (C=O) groups excluding carboxylic acids is 4. The van der Waals surface area contributed by atoms with Crippen LogP contribution in [-0.4, -0.2) is 67.1 Å². The van der Waals surface area contributed by atoms with Crippen molar-refractivity contribution in [2.24, 2.45) is 17.1 Å². The topological polar surface area (TPSA) is 145 Å². The Morgan fingerprint density at radius 1 is 1.18 bits per heavy atom. The zero-order valence-electron chi connectivity index (χ0n) is 23.6. The Kier molecular flexibility index (Phi) is 11.3. The molecule has 0 radical (unpaired) electrons. The number of nitrogens with one attached hydrogen (secondary N) is 2. The SMILES string of the molecule is CCCCNC(=O)[C@H](C)C[C@H](O)[C@@H](N)CC(C)(C)CC(=O)N1C[C@H](C(=O)NC)N(C(C)=O)c2ccccc21. The normalized spacial score (nSPS) is 17.7. The number of carbonyl (C=O) groups is 4. The van der Waals surface area contributed by atoms with Crippen molar-refractivity contribution in [3.05, 3.63) is 24.3 Å². The van der Waals surface area contributed by atoms with Gasteiger partial charge >= 0.3 is 0 Å². The molecular weight excluding hydrogens is 486 g/mol. The molecule has 4 amide bonds. The minimum absolute atomic E-state index is 0.0323. The fourth-order valence-corrected chi connectivity index (χ4v) is 4.97. The Balaban J connectivity index is 2.11. The summed E-state index contributed by atoms with van der Waals surface area (Å²) in [5.74, 6) is -1.33. The zero-order chi connectivity index (χ0) is 28.6. The average molecular weight is 532 g/mol. The largest absolute Gasteiger partial charge is 0.391 e. The lowest BCUT2D eigenvalue weighted by atomic mass is 9.79. The van der Waals surface area contributed by atoms with Gasteiger partial charge in [0.15, 0.2) is 0 Å². The van der Waals surface area contributed by atoms with Gasteiger partial charge in [0.1, 0.15) is 6.04 Å². The van der Waals surface area contributed by atoms with Crippen molar-refractivity contribution in [1.82, 2.24) is 10.6 Å². The van der Waals surface area contributed by atoms with Crippen molar-refractivity contribution in [3.63, 3.8) is 0 Å². The predicted molar refractivity (Wildman–Crippen MR) is 149 cm³/mol. The lowest BCUT2D eigenvalue weighted by Gasteiger charge is -2.42. The van der Waals surface area contributed by atoms with Gasteiger partial charge in [-0.1, -0.05) is 46.2 Å². The molecule has 0 aliphatic carbocycles. The van der Waals surface area contributed by atoms with E-state index >= 15 is 0 Å². The van der Waals surface area contributed by atoms with Crippen LogP contribution < -0.4 is 26.2 Å². The number of unbranched alkanes of at least 4 members (excludes halogenated alkanes) is 1. The molecule has 10 heteroatoms. The summed E-state index contributed by atoms with van der Waals surface area (Å²) >= 11 is 0. The number of hydrogen-bond acceptors (Lipinski definition) is 6. The number of amides is 4. The van der Waals surface area contributed by atoms with Crippen molar-refractivity contribution >= 4 is 35.0 Å². The predicted octanol–water partition coefficient (Wildman–Crippen LogP) is 1.94. The summed E-state index contributed by atoms with van der Waals surface area (Å²) in [6, 6.07) is 5.56. The van der Waals surface area contributed by atoms with Crippen molar-refractivity contribution in [3.8, 4) is 0 Å². The van der Waals surface area contributed by atoms with E-state index in [0.29, 0.717) is 24.3 Å². The fraction of sp³-hybridized carbons (Fsp3) is 0.643. The quantitative estimate of drug-likeness (QED) is 0.303. The maximum absolute atomic E-state index is 13.6. The summed E-state index contributed by atoms with van der Waals surface area (Å²) in [5, 5.41) is 16.2. The molecule has 1 aromatic rings. The molecule has 4 atom stereocenters. The molecule has 1 aliphatic heterocycles. The van der Waals surface area contributed by atoms with E-state index in [1.807, 2.05) is 13.8 Å². The van der Waals surface area contributed by atoms with Crippen molar-refractivity contribution in [1.29, 1.82) is 0 Å². The molecular formula is C28H45N5O5. The van der Waals surface area contributed by atoms with E-state index in [-0.39, 0.29) is 48.9 Å². The highest BCUT2D eigenvalue weighted by molar-refractivity contribution is 6.08. The van der Waals surface area contributed by atoms with E-state index < -0.39 is 23.6 Å². The number of rotatable bonds is 12. The molecule has 5 N–H and O–H groups in total. The molecule has 2 rings (SSSR count). The minimum atomic E-state index is -0.895. The van der Waals surface area contributed by atoms with Crippen LogP contribution >= 0.6 is 0 Å². The minimum Gasteiger partial charge on any atom is -0.391 e. The number of aliphatic hydroxyl groups excluding tert-OH is 1. The Morgan fingerprint density at radius 3 is 2.39 bits per heavy atom. The summed E-state index contributed by atoms with van der Waals surface area (Å²) in [7, 11) is 1.50. The summed E-state index contributed by atoms with van der Waals surface area (Å²) in [4.78, 5) is 54.0. The number of nitrogens with two attached hydrogens (primary N) is 1. The number of anilines is 2. The standard InChI is InChI=1S/C28H45N5O5/c1-7-8-13-31-26(37)18(2)14-24(35)20(29)15-28(4,5)16-25(36)32-17-23(27(38)30-6)33(19(3)34)22-12-10-9-11-21(22)32/h9-12,18,20,23-24,35H,7-8,13-17,29H2,1-6H3,(H,30,38)(H,31,37)/t18-,20+,23-,24+/m1/s1. The number of nitrogens with zero attached hydrogens (tertiary/aromatic N) is 2. The van der Waals surface area contributed by atoms with Crippen LogP contribution in [0.2, 0.25) is 0 Å². The number of para-hydroxylation sites is 2. The van der Waals surface area contributed by atoms with Crippen LogP contribution in [0.5, 0.6) is 0 Å². The highest BCUT2D eigenvalue weighted by Gasteiger charge is 2.40. The molecule has 0 saturated heterocycles. The highest BCUT2D eigenvalue weighted by atomic mass is 16.3. The second-order valence-corrected chi connectivity index (χ2v) is 11.1. The Labute approximate surface area is 226 Å². The first kappa shape index (κ1) is 31.2. The van der Waals surface area contributed by atoms with Gasteiger partial charge in [-0.05, 0) is 36.8 Å². The van der Waals surface area contributed by atoms with E-state index in [4.69, 9.17) is 5.73 Å². The maximum Gasteiger partial charge on any atom is 0.244 e. The molecule has 0 unspecified atom stereocenters. The van der Waals surface area contributed by atoms with E-state index in [1.54, 1.807) is 36.1 Å². The molecule has 38 heavy (non-hydrogen) atoms. The van der Waals surface area contributed by atoms with Crippen LogP contribution in [0.15, 0.2) is 24.3 Å². The molecule has 1 aromatic carbocycles. The molecule has 212 valence electrons. The van der Waals surface area contributed by atoms with E-state index in [1.165, 1.54) is 18.9 Å². The third-order valence-electron chi connectivity index (χ3n) is 7.07. The number of hydrogen-bond donors (Lipinski definition) is 4. The van der Waals surface area contributed by atoms with Crippen LogP contribution in [0.4, 0.5) is 11.4 Å². The summed E-state index contributed by atoms with van der Waals surface area (Å²) in [5.41, 5.74) is 6.83. The first-order valence-corrected chi connectivity index (χ1v) is 13.4. The van der Waals surface area contributed by atoms with Gasteiger partial charge in [0.05, 0.1) is 24.0 Å². The first-order valence-electron chi connectivity index (χ1n) is 13.4. The van der Waals surface area contributed by atoms with Gasteiger partial charge in [-0.2, -0.15) is 0 Å². The van der Waals surface area contributed by atoms with Gasteiger partial charge in [0, 0.05) is 38.9 Å². The molecule has 1 aliphatic rings. The third kappa shape index (κ3) is 8.01. The van der Waals surface area contributed by atoms with Gasteiger partial charge in [0.2, 0.25) is 23.6 Å². The lowest BCUT2D eigenvalue weighted by Crippen LogP contribution is -2.58. The van der Waals surface area contributed by atoms with Crippen LogP contribution in [0, 0.1) is 11.3 Å². The fourth-order valence-electron chi connectivity index (χ4n) is 4.97. The second-order valence-electron chi connectivity index (χ2n) is 11.1. The molecule has 0 bridgehead atoms. The third-order valence-corrected chi connectivity index (χ3v) is 7.07. The van der Waals surface area contributed by atoms with Crippen molar-refractivity contribution in [2.45, 2.75) is 84.9 Å². The molecule has 0 aromatic heterocycles. The summed E-state index contributed by atoms with van der Waals surface area (Å²) < 4.78 is 0. The summed E-state index contributed by atoms with van der Waals surface area (Å²) in [6.45, 7) is 9.68. The monoisotopic (exact) mass is 531 g/mol. The van der Waals surface area contributed by atoms with Gasteiger partial charge in [-0.15, -0.1) is 0 Å². The number of benzene rings is 1. The molecule has 10 nitrogen and oxygen atoms in total. The number of aliphatic hydroxyl groups is 1. The maximum atomic E-state index is 13.6. The summed E-state index contributed by atoms with van der Waals surface area (Å²) in [6.07, 6.45) is 1.71. The smallest absolute Gasteiger partial charge is 0.244 e. The number of fused-ring (bicyclic) bond motifs is 1. The van der Waals surface area contributed by atoms with Gasteiger partial charge < -0.3 is 26.4 Å². The molecule has 0 saturated carbocycles. The van der Waals surface area contributed by atoms with Crippen LogP contribution in [0.1, 0.15) is 66.7 Å². The van der Waals surface area contributed by atoms with Crippen LogP contribution in [0.3, 0.4) is 0 Å². The van der Waals surface area contributed by atoms with Crippen LogP contribution in [0.25, 0.3) is 0 Å². The number of likely N-dealkylation sites (N-methyl/N-ethyl adjacent to an activating group) is 1. The van der Waals surface area contributed by atoms with Crippen LogP contribution in [-0.2, 0) is 19.2 Å². The lowest BCUT2D eigenvalue weighted by molar-refractivity contribution is -0.126. The zero-order valence-corrected chi connectivity index (χ0v) is 23.6. The van der Waals surface area contributed by atoms with Gasteiger partial charge in [-0.3, -0.25) is 24.1 Å².